The van der Waals surface area contributed by atoms with Crippen molar-refractivity contribution in [3.05, 3.63) is 0 Å². The largest absolute Gasteiger partial charge is 0.518 e. The van der Waals surface area contributed by atoms with E-state index in [9.17, 15) is 4.79 Å². The summed E-state index contributed by atoms with van der Waals surface area (Å²) in [5.74, 6) is -0.213. The Hall–Kier alpha value is 0.218. The van der Waals surface area contributed by atoms with Gasteiger partial charge in [-0.2, -0.15) is 0 Å². The first-order chi connectivity index (χ1) is 11.8. The minimum absolute atomic E-state index is 0.00388. The van der Waals surface area contributed by atoms with Crippen molar-refractivity contribution in [1.29, 1.82) is 0 Å². The molecule has 27 heavy (non-hydrogen) atoms. The van der Waals surface area contributed by atoms with Gasteiger partial charge in [0.2, 0.25) is 8.32 Å². The standard InChI is InChI=1S/C18H44O5Si4/c1-24(2,3)20-15-16(21-25(4,5)6)13-14-17(22-26(7,8)9)18(19)23-27(10,11)12/h16-17H,13-15H2,1-12H3. The zero-order valence-electron chi connectivity index (χ0n) is 19.8. The van der Waals surface area contributed by atoms with Gasteiger partial charge >= 0.3 is 5.97 Å². The molecule has 0 aromatic rings. The maximum absolute atomic E-state index is 12.7. The van der Waals surface area contributed by atoms with E-state index in [1.165, 1.54) is 0 Å². The van der Waals surface area contributed by atoms with Gasteiger partial charge < -0.3 is 17.7 Å². The first kappa shape index (κ1) is 27.2. The van der Waals surface area contributed by atoms with Gasteiger partial charge in [0.15, 0.2) is 25.0 Å². The average Bonchev–Trinajstić information content (AvgIpc) is 2.34. The van der Waals surface area contributed by atoms with Gasteiger partial charge in [-0.25, -0.2) is 0 Å². The Balaban J connectivity index is 5.12. The van der Waals surface area contributed by atoms with Crippen LogP contribution in [0.3, 0.4) is 0 Å². The summed E-state index contributed by atoms with van der Waals surface area (Å²) >= 11 is 0. The molecule has 0 aliphatic carbocycles. The van der Waals surface area contributed by atoms with Gasteiger partial charge in [0, 0.05) is 0 Å². The van der Waals surface area contributed by atoms with E-state index in [2.05, 4.69) is 58.9 Å². The molecule has 0 amide bonds. The lowest BCUT2D eigenvalue weighted by atomic mass is 10.1. The van der Waals surface area contributed by atoms with Crippen molar-refractivity contribution in [2.45, 2.75) is 104 Å². The molecule has 2 unspecified atom stereocenters. The second-order valence-electron chi connectivity index (χ2n) is 11.1. The summed E-state index contributed by atoms with van der Waals surface area (Å²) in [6, 6.07) is 0. The van der Waals surface area contributed by atoms with E-state index < -0.39 is 39.4 Å². The summed E-state index contributed by atoms with van der Waals surface area (Å²) in [6.45, 7) is 26.1. The van der Waals surface area contributed by atoms with Crippen LogP contribution >= 0.6 is 0 Å². The second-order valence-corrected chi connectivity index (χ2v) is 29.0. The highest BCUT2D eigenvalue weighted by Gasteiger charge is 2.33. The van der Waals surface area contributed by atoms with Crippen molar-refractivity contribution in [2.24, 2.45) is 0 Å². The van der Waals surface area contributed by atoms with E-state index in [0.29, 0.717) is 13.0 Å². The van der Waals surface area contributed by atoms with Crippen LogP contribution in [0, 0.1) is 0 Å². The van der Waals surface area contributed by atoms with Crippen LogP contribution in [0.15, 0.2) is 0 Å². The SMILES string of the molecule is C[Si](C)(C)OCC(CCC(O[Si](C)(C)C)C(=O)O[Si](C)(C)C)O[Si](C)(C)C. The van der Waals surface area contributed by atoms with Crippen LogP contribution in [0.4, 0.5) is 0 Å². The third-order valence-corrected chi connectivity index (χ3v) is 7.02. The third kappa shape index (κ3) is 16.8. The molecule has 0 bridgehead atoms. The first-order valence-corrected chi connectivity index (χ1v) is 23.6. The van der Waals surface area contributed by atoms with Gasteiger partial charge in [-0.05, 0) is 91.4 Å². The lowest BCUT2D eigenvalue weighted by Crippen LogP contribution is -2.43. The van der Waals surface area contributed by atoms with Gasteiger partial charge in [0.05, 0.1) is 12.7 Å². The normalized spacial score (nSPS) is 16.1. The van der Waals surface area contributed by atoms with Crippen molar-refractivity contribution in [1.82, 2.24) is 0 Å². The summed E-state index contributed by atoms with van der Waals surface area (Å²) in [7, 11) is -7.14. The maximum Gasteiger partial charge on any atom is 0.320 e. The summed E-state index contributed by atoms with van der Waals surface area (Å²) in [4.78, 5) is 12.7. The zero-order valence-corrected chi connectivity index (χ0v) is 23.8. The van der Waals surface area contributed by atoms with E-state index in [0.717, 1.165) is 6.42 Å². The Bertz CT molecular complexity index is 458. The number of hydrogen-bond acceptors (Lipinski definition) is 5. The lowest BCUT2D eigenvalue weighted by Gasteiger charge is -2.32. The van der Waals surface area contributed by atoms with Crippen LogP contribution in [0.1, 0.15) is 12.8 Å². The molecule has 2 atom stereocenters. The van der Waals surface area contributed by atoms with Gasteiger partial charge in [-0.3, -0.25) is 4.79 Å². The molecular formula is C18H44O5Si4. The highest BCUT2D eigenvalue weighted by atomic mass is 28.4. The predicted octanol–water partition coefficient (Wildman–Crippen LogP) is 5.44. The van der Waals surface area contributed by atoms with E-state index in [1.54, 1.807) is 0 Å². The van der Waals surface area contributed by atoms with Crippen molar-refractivity contribution in [3.63, 3.8) is 0 Å². The molecule has 0 saturated carbocycles. The minimum atomic E-state index is -1.95. The molecule has 0 rings (SSSR count). The first-order valence-electron chi connectivity index (χ1n) is 10.00. The Morgan fingerprint density at radius 2 is 1.15 bits per heavy atom. The fourth-order valence-corrected chi connectivity index (χ4v) is 6.05. The summed E-state index contributed by atoms with van der Waals surface area (Å²) in [5, 5.41) is 0. The fraction of sp³-hybridized carbons (Fsp3) is 0.944. The summed E-state index contributed by atoms with van der Waals surface area (Å²) < 4.78 is 24.4. The molecule has 9 heteroatoms. The quantitative estimate of drug-likeness (QED) is 0.369. The predicted molar refractivity (Wildman–Crippen MR) is 124 cm³/mol. The molecule has 0 aromatic carbocycles. The van der Waals surface area contributed by atoms with Gasteiger partial charge in [-0.1, -0.05) is 0 Å². The highest BCUT2D eigenvalue weighted by Crippen LogP contribution is 2.20. The monoisotopic (exact) mass is 452 g/mol. The van der Waals surface area contributed by atoms with E-state index in [1.807, 2.05) is 19.6 Å². The van der Waals surface area contributed by atoms with Crippen LogP contribution in [-0.2, 0) is 22.5 Å². The Kier molecular flexibility index (Phi) is 10.4. The van der Waals surface area contributed by atoms with Crippen LogP contribution in [0.2, 0.25) is 78.6 Å². The van der Waals surface area contributed by atoms with E-state index >= 15 is 0 Å². The number of carbonyl (C=O) groups is 1. The van der Waals surface area contributed by atoms with Crippen LogP contribution in [0.5, 0.6) is 0 Å². The number of rotatable bonds is 12. The number of carbonyl (C=O) groups excluding carboxylic acids is 1. The molecule has 0 fully saturated rings. The molecule has 0 aliphatic heterocycles. The van der Waals surface area contributed by atoms with Crippen molar-refractivity contribution in [2.75, 3.05) is 6.61 Å². The topological polar surface area (TPSA) is 54.0 Å². The molecule has 0 heterocycles. The van der Waals surface area contributed by atoms with Gasteiger partial charge in [0.25, 0.3) is 0 Å². The van der Waals surface area contributed by atoms with E-state index in [-0.39, 0.29) is 12.1 Å². The number of hydrogen-bond donors (Lipinski definition) is 0. The van der Waals surface area contributed by atoms with Gasteiger partial charge in [0.1, 0.15) is 6.10 Å². The molecule has 0 radical (unpaired) electrons. The summed E-state index contributed by atoms with van der Waals surface area (Å²) in [5.41, 5.74) is 0. The molecule has 0 N–H and O–H groups in total. The zero-order chi connectivity index (χ0) is 21.7. The second kappa shape index (κ2) is 10.3. The average molecular weight is 453 g/mol. The van der Waals surface area contributed by atoms with Gasteiger partial charge in [-0.15, -0.1) is 0 Å². The molecule has 5 nitrogen and oxygen atoms in total. The van der Waals surface area contributed by atoms with Crippen molar-refractivity contribution in [3.8, 4) is 0 Å². The van der Waals surface area contributed by atoms with Crippen LogP contribution < -0.4 is 0 Å². The molecule has 162 valence electrons. The lowest BCUT2D eigenvalue weighted by molar-refractivity contribution is -0.144. The smallest absolute Gasteiger partial charge is 0.320 e. The van der Waals surface area contributed by atoms with E-state index in [4.69, 9.17) is 17.7 Å². The van der Waals surface area contributed by atoms with Crippen LogP contribution in [-0.4, -0.2) is 58.1 Å². The highest BCUT2D eigenvalue weighted by molar-refractivity contribution is 6.72. The van der Waals surface area contributed by atoms with Crippen LogP contribution in [0.25, 0.3) is 0 Å². The fourth-order valence-electron chi connectivity index (χ4n) is 2.38. The Labute approximate surface area is 172 Å². The molecule has 0 spiro atoms. The third-order valence-electron chi connectivity index (χ3n) is 3.14. The van der Waals surface area contributed by atoms with Crippen molar-refractivity contribution < 1.29 is 22.5 Å². The summed E-state index contributed by atoms with van der Waals surface area (Å²) in [6.07, 6.45) is 0.835. The maximum atomic E-state index is 12.7. The molecule has 0 aromatic heterocycles. The van der Waals surface area contributed by atoms with Crippen molar-refractivity contribution >= 4 is 39.2 Å². The Morgan fingerprint density at radius 3 is 1.52 bits per heavy atom. The molecular weight excluding hydrogens is 409 g/mol. The molecule has 0 saturated heterocycles. The molecule has 0 aliphatic rings. The minimum Gasteiger partial charge on any atom is -0.518 e. The Morgan fingerprint density at radius 1 is 0.667 bits per heavy atom.